The summed E-state index contributed by atoms with van der Waals surface area (Å²) in [4.78, 5) is 0. The van der Waals surface area contributed by atoms with Crippen LogP contribution in [0.2, 0.25) is 0 Å². The zero-order valence-electron chi connectivity index (χ0n) is 12.5. The van der Waals surface area contributed by atoms with E-state index in [0.717, 1.165) is 23.4 Å². The van der Waals surface area contributed by atoms with E-state index in [9.17, 15) is 0 Å². The molecule has 0 heterocycles. The number of hydrogen-bond donors (Lipinski definition) is 1. The van der Waals surface area contributed by atoms with Crippen molar-refractivity contribution in [3.8, 4) is 5.75 Å². The molecule has 0 amide bonds. The summed E-state index contributed by atoms with van der Waals surface area (Å²) in [5.74, 6) is 1.58. The Bertz CT molecular complexity index is 379. The molecule has 0 bridgehead atoms. The van der Waals surface area contributed by atoms with Crippen molar-refractivity contribution in [3.05, 3.63) is 28.2 Å². The summed E-state index contributed by atoms with van der Waals surface area (Å²) in [5.41, 5.74) is 1.21. The van der Waals surface area contributed by atoms with Crippen LogP contribution in [-0.4, -0.2) is 12.6 Å². The fourth-order valence-electron chi connectivity index (χ4n) is 1.97. The molecular weight excluding hydrogens is 302 g/mol. The van der Waals surface area contributed by atoms with Crippen LogP contribution in [-0.2, 0) is 6.54 Å². The van der Waals surface area contributed by atoms with Gasteiger partial charge in [0.25, 0.3) is 0 Å². The van der Waals surface area contributed by atoms with Crippen molar-refractivity contribution in [3.63, 3.8) is 0 Å². The lowest BCUT2D eigenvalue weighted by molar-refractivity contribution is 0.247. The molecule has 0 spiro atoms. The van der Waals surface area contributed by atoms with Gasteiger partial charge in [0.1, 0.15) is 5.75 Å². The maximum Gasteiger partial charge on any atom is 0.137 e. The second kappa shape index (κ2) is 8.60. The maximum absolute atomic E-state index is 6.03. The lowest BCUT2D eigenvalue weighted by Gasteiger charge is -2.17. The fourth-order valence-corrected chi connectivity index (χ4v) is 2.49. The number of hydrogen-bond acceptors (Lipinski definition) is 2. The summed E-state index contributed by atoms with van der Waals surface area (Å²) >= 11 is 3.59. The molecule has 0 aliphatic rings. The fraction of sp³-hybridized carbons (Fsp3) is 0.625. The molecule has 1 rings (SSSR count). The van der Waals surface area contributed by atoms with Crippen molar-refractivity contribution in [2.45, 2.75) is 53.1 Å². The highest BCUT2D eigenvalue weighted by molar-refractivity contribution is 9.10. The van der Waals surface area contributed by atoms with Crippen LogP contribution in [0.3, 0.4) is 0 Å². The Labute approximate surface area is 126 Å². The number of rotatable bonds is 8. The Morgan fingerprint density at radius 1 is 1.26 bits per heavy atom. The Morgan fingerprint density at radius 3 is 2.63 bits per heavy atom. The number of nitrogens with one attached hydrogen (secondary N) is 1. The molecule has 1 unspecified atom stereocenters. The van der Waals surface area contributed by atoms with E-state index in [-0.39, 0.29) is 0 Å². The third kappa shape index (κ3) is 5.96. The van der Waals surface area contributed by atoms with Crippen molar-refractivity contribution in [2.75, 3.05) is 6.61 Å². The van der Waals surface area contributed by atoms with Gasteiger partial charge in [-0.1, -0.05) is 46.2 Å². The number of para-hydroxylation sites is 1. The van der Waals surface area contributed by atoms with Gasteiger partial charge in [0.2, 0.25) is 0 Å². The summed E-state index contributed by atoms with van der Waals surface area (Å²) in [7, 11) is 0. The highest BCUT2D eigenvalue weighted by Gasteiger charge is 2.10. The first-order valence-corrected chi connectivity index (χ1v) is 7.97. The van der Waals surface area contributed by atoms with E-state index < -0.39 is 0 Å². The summed E-state index contributed by atoms with van der Waals surface area (Å²) in [5, 5.41) is 3.44. The van der Waals surface area contributed by atoms with Gasteiger partial charge >= 0.3 is 0 Å². The van der Waals surface area contributed by atoms with E-state index in [1.165, 1.54) is 18.4 Å². The number of ether oxygens (including phenoxy) is 1. The molecule has 1 aromatic carbocycles. The summed E-state index contributed by atoms with van der Waals surface area (Å²) < 4.78 is 7.07. The van der Waals surface area contributed by atoms with Crippen molar-refractivity contribution in [2.24, 2.45) is 5.92 Å². The Hall–Kier alpha value is -0.540. The number of halogens is 1. The minimum absolute atomic E-state index is 0.478. The van der Waals surface area contributed by atoms with Crippen molar-refractivity contribution in [1.82, 2.24) is 5.32 Å². The Kier molecular flexibility index (Phi) is 7.47. The van der Waals surface area contributed by atoms with Crippen LogP contribution in [0.25, 0.3) is 0 Å². The minimum Gasteiger partial charge on any atom is -0.492 e. The number of benzene rings is 1. The minimum atomic E-state index is 0.478. The van der Waals surface area contributed by atoms with Crippen LogP contribution in [0.15, 0.2) is 22.7 Å². The molecule has 0 saturated heterocycles. The van der Waals surface area contributed by atoms with Crippen LogP contribution >= 0.6 is 15.9 Å². The van der Waals surface area contributed by atoms with Crippen LogP contribution in [0.4, 0.5) is 0 Å². The summed E-state index contributed by atoms with van der Waals surface area (Å²) in [6.45, 7) is 10.4. The van der Waals surface area contributed by atoms with Gasteiger partial charge in [-0.25, -0.2) is 0 Å². The first-order chi connectivity index (χ1) is 9.04. The van der Waals surface area contributed by atoms with Crippen LogP contribution < -0.4 is 10.1 Å². The molecule has 108 valence electrons. The van der Waals surface area contributed by atoms with E-state index in [4.69, 9.17) is 4.74 Å². The molecule has 1 N–H and O–H groups in total. The Balaban J connectivity index is 2.68. The molecule has 3 heteroatoms. The van der Waals surface area contributed by atoms with E-state index >= 15 is 0 Å². The molecule has 0 aromatic heterocycles. The van der Waals surface area contributed by atoms with E-state index in [1.54, 1.807) is 0 Å². The first-order valence-electron chi connectivity index (χ1n) is 7.18. The smallest absolute Gasteiger partial charge is 0.137 e. The van der Waals surface area contributed by atoms with Crippen molar-refractivity contribution in [1.29, 1.82) is 0 Å². The highest BCUT2D eigenvalue weighted by Crippen LogP contribution is 2.29. The maximum atomic E-state index is 6.03. The van der Waals surface area contributed by atoms with E-state index in [0.29, 0.717) is 12.0 Å². The molecule has 0 aliphatic carbocycles. The largest absolute Gasteiger partial charge is 0.492 e. The van der Waals surface area contributed by atoms with Gasteiger partial charge in [0, 0.05) is 18.2 Å². The summed E-state index contributed by atoms with van der Waals surface area (Å²) in [6, 6.07) is 6.70. The van der Waals surface area contributed by atoms with Crippen LogP contribution in [0.1, 0.15) is 46.1 Å². The average Bonchev–Trinajstić information content (AvgIpc) is 2.35. The molecule has 19 heavy (non-hydrogen) atoms. The van der Waals surface area contributed by atoms with Gasteiger partial charge in [-0.2, -0.15) is 0 Å². The van der Waals surface area contributed by atoms with Crippen molar-refractivity contribution < 1.29 is 4.74 Å². The molecule has 0 radical (unpaired) electrons. The third-order valence-corrected chi connectivity index (χ3v) is 3.67. The van der Waals surface area contributed by atoms with Gasteiger partial charge in [-0.15, -0.1) is 0 Å². The zero-order valence-corrected chi connectivity index (χ0v) is 14.1. The first kappa shape index (κ1) is 16.5. The van der Waals surface area contributed by atoms with Gasteiger partial charge in [0.15, 0.2) is 0 Å². The monoisotopic (exact) mass is 327 g/mol. The highest BCUT2D eigenvalue weighted by atomic mass is 79.9. The average molecular weight is 328 g/mol. The van der Waals surface area contributed by atoms with Crippen molar-refractivity contribution >= 4 is 15.9 Å². The van der Waals surface area contributed by atoms with E-state index in [2.05, 4.69) is 61.1 Å². The standard InChI is InChI=1S/C16H26BrNO/c1-5-7-13(4)11-19-16-14(10-18-12(2)3)8-6-9-15(16)17/h6,8-9,12-13,18H,5,7,10-11H2,1-4H3. The molecule has 2 nitrogen and oxygen atoms in total. The van der Waals surface area contributed by atoms with Gasteiger partial charge in [-0.05, 0) is 34.3 Å². The predicted octanol–water partition coefficient (Wildman–Crippen LogP) is 4.76. The predicted molar refractivity (Wildman–Crippen MR) is 85.7 cm³/mol. The SMILES string of the molecule is CCCC(C)COc1c(Br)cccc1CNC(C)C. The quantitative estimate of drug-likeness (QED) is 0.743. The second-order valence-corrected chi connectivity index (χ2v) is 6.32. The Morgan fingerprint density at radius 2 is 2.00 bits per heavy atom. The molecule has 0 fully saturated rings. The van der Waals surface area contributed by atoms with Crippen LogP contribution in [0, 0.1) is 5.92 Å². The third-order valence-electron chi connectivity index (χ3n) is 3.04. The molecule has 1 aromatic rings. The van der Waals surface area contributed by atoms with Gasteiger partial charge in [-0.3, -0.25) is 0 Å². The lowest BCUT2D eigenvalue weighted by Crippen LogP contribution is -2.22. The molecule has 0 saturated carbocycles. The molecule has 0 aliphatic heterocycles. The van der Waals surface area contributed by atoms with Gasteiger partial charge < -0.3 is 10.1 Å². The lowest BCUT2D eigenvalue weighted by atomic mass is 10.1. The van der Waals surface area contributed by atoms with Crippen LogP contribution in [0.5, 0.6) is 5.75 Å². The van der Waals surface area contributed by atoms with E-state index in [1.807, 2.05) is 6.07 Å². The second-order valence-electron chi connectivity index (χ2n) is 5.47. The summed E-state index contributed by atoms with van der Waals surface area (Å²) in [6.07, 6.45) is 2.42. The van der Waals surface area contributed by atoms with Gasteiger partial charge in [0.05, 0.1) is 11.1 Å². The zero-order chi connectivity index (χ0) is 14.3. The molecular formula is C16H26BrNO. The topological polar surface area (TPSA) is 21.3 Å². The normalized spacial score (nSPS) is 12.7. The molecule has 1 atom stereocenters.